The average Bonchev–Trinajstić information content (AvgIpc) is 2.54. The Morgan fingerprint density at radius 2 is 1.95 bits per heavy atom. The highest BCUT2D eigenvalue weighted by molar-refractivity contribution is 5.85. The summed E-state index contributed by atoms with van der Waals surface area (Å²) in [5.74, 6) is -1.14. The number of hydrogen-bond acceptors (Lipinski definition) is 4. The minimum atomic E-state index is -1.19. The molecule has 1 aliphatic rings. The third-order valence-electron chi connectivity index (χ3n) is 4.14. The lowest BCUT2D eigenvalue weighted by atomic mass is 9.73. The number of benzene rings is 1. The number of nitriles is 1. The quantitative estimate of drug-likeness (QED) is 0.853. The summed E-state index contributed by atoms with van der Waals surface area (Å²) < 4.78 is 12.0. The van der Waals surface area contributed by atoms with Crippen LogP contribution in [0.2, 0.25) is 0 Å². The van der Waals surface area contributed by atoms with Gasteiger partial charge in [-0.25, -0.2) is 0 Å². The van der Waals surface area contributed by atoms with Crippen LogP contribution in [0.5, 0.6) is 0 Å². The lowest BCUT2D eigenvalue weighted by Gasteiger charge is -2.47. The van der Waals surface area contributed by atoms with E-state index in [1.807, 2.05) is 32.9 Å². The van der Waals surface area contributed by atoms with Gasteiger partial charge in [0.05, 0.1) is 30.3 Å². The maximum absolute atomic E-state index is 12.5. The van der Waals surface area contributed by atoms with E-state index in [0.717, 1.165) is 6.42 Å². The fourth-order valence-corrected chi connectivity index (χ4v) is 2.88. The highest BCUT2D eigenvalue weighted by atomic mass is 16.7. The first-order chi connectivity index (χ1) is 9.99. The molecule has 21 heavy (non-hydrogen) atoms. The van der Waals surface area contributed by atoms with E-state index in [4.69, 9.17) is 9.47 Å². The van der Waals surface area contributed by atoms with Crippen LogP contribution in [0.15, 0.2) is 24.3 Å². The van der Waals surface area contributed by atoms with Gasteiger partial charge < -0.3 is 9.47 Å². The highest BCUT2D eigenvalue weighted by Gasteiger charge is 2.54. The number of carbonyl (C=O) groups excluding carboxylic acids is 1. The monoisotopic (exact) mass is 287 g/mol. The van der Waals surface area contributed by atoms with Crippen LogP contribution >= 0.6 is 0 Å². The molecule has 0 atom stereocenters. The summed E-state index contributed by atoms with van der Waals surface area (Å²) in [4.78, 5) is 12.5. The number of Topliss-reactive ketones (excluding diaryl/α,β-unsaturated/α-hetero) is 1. The molecular formula is C17H21NO3. The van der Waals surface area contributed by atoms with Crippen molar-refractivity contribution < 1.29 is 14.3 Å². The summed E-state index contributed by atoms with van der Waals surface area (Å²) in [5.41, 5.74) is 0.255. The molecule has 0 N–H and O–H groups in total. The number of hydrogen-bond donors (Lipinski definition) is 0. The van der Waals surface area contributed by atoms with Crippen LogP contribution in [0.3, 0.4) is 0 Å². The van der Waals surface area contributed by atoms with E-state index < -0.39 is 11.2 Å². The summed E-state index contributed by atoms with van der Waals surface area (Å²) in [5, 5.41) is 9.38. The zero-order valence-electron chi connectivity index (χ0n) is 12.8. The van der Waals surface area contributed by atoms with E-state index in [9.17, 15) is 10.1 Å². The Labute approximate surface area is 125 Å². The van der Waals surface area contributed by atoms with Crippen molar-refractivity contribution in [3.8, 4) is 6.07 Å². The van der Waals surface area contributed by atoms with Crippen LogP contribution in [-0.4, -0.2) is 19.0 Å². The Bertz CT molecular complexity index is 566. The summed E-state index contributed by atoms with van der Waals surface area (Å²) in [7, 11) is 0. The van der Waals surface area contributed by atoms with E-state index in [1.165, 1.54) is 0 Å². The molecule has 1 aliphatic heterocycles. The van der Waals surface area contributed by atoms with E-state index in [2.05, 4.69) is 6.07 Å². The first kappa shape index (κ1) is 15.7. The highest BCUT2D eigenvalue weighted by Crippen LogP contribution is 2.47. The van der Waals surface area contributed by atoms with E-state index in [1.54, 1.807) is 12.1 Å². The second-order valence-corrected chi connectivity index (χ2v) is 5.73. The molecule has 0 bridgehead atoms. The van der Waals surface area contributed by atoms with Crippen LogP contribution in [0.25, 0.3) is 0 Å². The zero-order chi connectivity index (χ0) is 15.5. The minimum absolute atomic E-state index is 0.0529. The van der Waals surface area contributed by atoms with Crippen molar-refractivity contribution in [3.05, 3.63) is 35.4 Å². The molecule has 0 spiro atoms. The fraction of sp³-hybridized carbons (Fsp3) is 0.529. The Morgan fingerprint density at radius 3 is 2.52 bits per heavy atom. The zero-order valence-corrected chi connectivity index (χ0v) is 12.8. The summed E-state index contributed by atoms with van der Waals surface area (Å²) in [6, 6.07) is 9.35. The lowest BCUT2D eigenvalue weighted by molar-refractivity contribution is -0.319. The third kappa shape index (κ3) is 2.48. The molecule has 1 aromatic rings. The molecule has 4 nitrogen and oxygen atoms in total. The maximum Gasteiger partial charge on any atom is 0.208 e. The molecule has 0 saturated carbocycles. The van der Waals surface area contributed by atoms with E-state index in [0.29, 0.717) is 30.8 Å². The molecule has 1 fully saturated rings. The molecular weight excluding hydrogens is 266 g/mol. The van der Waals surface area contributed by atoms with Crippen LogP contribution in [0.1, 0.15) is 44.7 Å². The van der Waals surface area contributed by atoms with Gasteiger partial charge in [0.15, 0.2) is 0 Å². The van der Waals surface area contributed by atoms with Crippen LogP contribution < -0.4 is 0 Å². The Hall–Kier alpha value is -1.70. The second kappa shape index (κ2) is 5.97. The van der Waals surface area contributed by atoms with Gasteiger partial charge in [-0.05, 0) is 26.3 Å². The molecule has 0 aliphatic carbocycles. The largest absolute Gasteiger partial charge is 0.345 e. The van der Waals surface area contributed by atoms with Gasteiger partial charge in [-0.1, -0.05) is 25.1 Å². The predicted molar refractivity (Wildman–Crippen MR) is 78.4 cm³/mol. The predicted octanol–water partition coefficient (Wildman–Crippen LogP) is 3.15. The molecule has 112 valence electrons. The topological polar surface area (TPSA) is 59.3 Å². The van der Waals surface area contributed by atoms with Crippen molar-refractivity contribution in [3.63, 3.8) is 0 Å². The van der Waals surface area contributed by atoms with Gasteiger partial charge in [-0.15, -0.1) is 0 Å². The summed E-state index contributed by atoms with van der Waals surface area (Å²) in [6.07, 6.45) is 1.18. The van der Waals surface area contributed by atoms with Crippen molar-refractivity contribution in [1.29, 1.82) is 5.26 Å². The lowest BCUT2D eigenvalue weighted by Crippen LogP contribution is -2.53. The molecule has 2 rings (SSSR count). The number of carbonyl (C=O) groups is 1. The van der Waals surface area contributed by atoms with Crippen molar-refractivity contribution in [1.82, 2.24) is 0 Å². The molecule has 0 aromatic heterocycles. The molecule has 4 heteroatoms. The fourth-order valence-electron chi connectivity index (χ4n) is 2.88. The van der Waals surface area contributed by atoms with Gasteiger partial charge >= 0.3 is 0 Å². The van der Waals surface area contributed by atoms with Gasteiger partial charge in [0.1, 0.15) is 5.78 Å². The molecule has 1 saturated heterocycles. The van der Waals surface area contributed by atoms with E-state index >= 15 is 0 Å². The number of ketones is 1. The maximum atomic E-state index is 12.5. The minimum Gasteiger partial charge on any atom is -0.345 e. The Balaban J connectivity index is 2.63. The van der Waals surface area contributed by atoms with Gasteiger partial charge in [0.25, 0.3) is 0 Å². The van der Waals surface area contributed by atoms with Gasteiger partial charge in [-0.2, -0.15) is 5.26 Å². The molecule has 0 unspecified atom stereocenters. The SMILES string of the molecule is CCC(=O)C(C)(C)C1(c2ccccc2C#N)OCCCO1. The summed E-state index contributed by atoms with van der Waals surface area (Å²) in [6.45, 7) is 6.52. The van der Waals surface area contributed by atoms with Gasteiger partial charge in [-0.3, -0.25) is 4.79 Å². The Morgan fingerprint density at radius 1 is 1.33 bits per heavy atom. The van der Waals surface area contributed by atoms with Gasteiger partial charge in [0.2, 0.25) is 5.79 Å². The first-order valence-electron chi connectivity index (χ1n) is 7.30. The van der Waals surface area contributed by atoms with Gasteiger partial charge in [0, 0.05) is 12.0 Å². The van der Waals surface area contributed by atoms with Crippen molar-refractivity contribution >= 4 is 5.78 Å². The standard InChI is InChI=1S/C17H21NO3/c1-4-15(19)16(2,3)17(20-10-7-11-21-17)14-9-6-5-8-13(14)12-18/h5-6,8-9H,4,7,10-11H2,1-3H3. The van der Waals surface area contributed by atoms with E-state index in [-0.39, 0.29) is 5.78 Å². The smallest absolute Gasteiger partial charge is 0.208 e. The van der Waals surface area contributed by atoms with Crippen molar-refractivity contribution in [2.45, 2.75) is 39.4 Å². The third-order valence-corrected chi connectivity index (χ3v) is 4.14. The Kier molecular flexibility index (Phi) is 4.46. The van der Waals surface area contributed by atoms with Crippen LogP contribution in [0, 0.1) is 16.7 Å². The number of nitrogens with zero attached hydrogens (tertiary/aromatic N) is 1. The average molecular weight is 287 g/mol. The molecule has 0 radical (unpaired) electrons. The molecule has 0 amide bonds. The summed E-state index contributed by atoms with van der Waals surface area (Å²) >= 11 is 0. The second-order valence-electron chi connectivity index (χ2n) is 5.73. The van der Waals surface area contributed by atoms with Crippen LogP contribution in [0.4, 0.5) is 0 Å². The molecule has 1 aromatic carbocycles. The number of rotatable bonds is 4. The normalized spacial score (nSPS) is 18.0. The molecule has 1 heterocycles. The van der Waals surface area contributed by atoms with Crippen LogP contribution in [-0.2, 0) is 20.1 Å². The first-order valence-corrected chi connectivity index (χ1v) is 7.30. The van der Waals surface area contributed by atoms with Crippen molar-refractivity contribution in [2.24, 2.45) is 5.41 Å². The van der Waals surface area contributed by atoms with Crippen molar-refractivity contribution in [2.75, 3.05) is 13.2 Å². The number of ether oxygens (including phenoxy) is 2.